The van der Waals surface area contributed by atoms with Crippen molar-refractivity contribution in [2.45, 2.75) is 4.21 Å². The molecule has 0 fully saturated rings. The van der Waals surface area contributed by atoms with E-state index < -0.39 is 16.0 Å². The van der Waals surface area contributed by atoms with Crippen LogP contribution < -0.4 is 18.9 Å². The molecule has 2 heterocycles. The third-order valence-electron chi connectivity index (χ3n) is 3.41. The highest BCUT2D eigenvalue weighted by atomic mass is 32.2. The van der Waals surface area contributed by atoms with Crippen LogP contribution in [0, 0.1) is 0 Å². The van der Waals surface area contributed by atoms with E-state index in [2.05, 4.69) is 4.72 Å². The van der Waals surface area contributed by atoms with E-state index in [1.54, 1.807) is 11.4 Å². The highest BCUT2D eigenvalue weighted by Crippen LogP contribution is 2.48. The molecule has 1 aliphatic heterocycles. The second kappa shape index (κ2) is 7.26. The zero-order valence-corrected chi connectivity index (χ0v) is 15.2. The number of carbonyl (C=O) groups is 1. The predicted molar refractivity (Wildman–Crippen MR) is 95.8 cm³/mol. The van der Waals surface area contributed by atoms with Gasteiger partial charge in [-0.05, 0) is 23.6 Å². The zero-order chi connectivity index (χ0) is 18.7. The maximum absolute atomic E-state index is 12.5. The highest BCUT2D eigenvalue weighted by molar-refractivity contribution is 7.94. The van der Waals surface area contributed by atoms with Gasteiger partial charge in [0.25, 0.3) is 10.0 Å². The quantitative estimate of drug-likeness (QED) is 0.720. The highest BCUT2D eigenvalue weighted by Gasteiger charge is 2.27. The summed E-state index contributed by atoms with van der Waals surface area (Å²) in [6.07, 6.45) is 2.22. The first-order chi connectivity index (χ1) is 12.4. The molecule has 26 heavy (non-hydrogen) atoms. The van der Waals surface area contributed by atoms with E-state index in [1.807, 2.05) is 0 Å². The Kier molecular flexibility index (Phi) is 5.05. The first-order valence-electron chi connectivity index (χ1n) is 7.40. The first kappa shape index (κ1) is 18.1. The fourth-order valence-corrected chi connectivity index (χ4v) is 4.43. The summed E-state index contributed by atoms with van der Waals surface area (Å²) in [6.45, 7) is 0.501. The van der Waals surface area contributed by atoms with Crippen LogP contribution in [0.3, 0.4) is 0 Å². The average molecular weight is 397 g/mol. The van der Waals surface area contributed by atoms with Crippen molar-refractivity contribution in [3.63, 3.8) is 0 Å². The molecule has 0 atom stereocenters. The van der Waals surface area contributed by atoms with Crippen LogP contribution in [0.25, 0.3) is 6.08 Å². The van der Waals surface area contributed by atoms with E-state index >= 15 is 0 Å². The van der Waals surface area contributed by atoms with Crippen LogP contribution in [0.1, 0.15) is 5.56 Å². The minimum atomic E-state index is -3.82. The van der Waals surface area contributed by atoms with Crippen molar-refractivity contribution < 1.29 is 32.5 Å². The summed E-state index contributed by atoms with van der Waals surface area (Å²) in [5, 5.41) is 10.5. The number of ether oxygens (including phenoxy) is 3. The fraction of sp³-hybridized carbons (Fsp3) is 0.188. The summed E-state index contributed by atoms with van der Waals surface area (Å²) in [7, 11) is -2.42. The van der Waals surface area contributed by atoms with Gasteiger partial charge >= 0.3 is 5.97 Å². The van der Waals surface area contributed by atoms with Gasteiger partial charge in [-0.1, -0.05) is 6.07 Å². The number of nitrogens with one attached hydrogen (secondary N) is 1. The Hall–Kier alpha value is -2.72. The van der Waals surface area contributed by atoms with E-state index in [4.69, 9.17) is 19.3 Å². The Morgan fingerprint density at radius 3 is 2.69 bits per heavy atom. The molecule has 0 aliphatic carbocycles. The molecule has 3 rings (SSSR count). The Morgan fingerprint density at radius 1 is 1.35 bits per heavy atom. The van der Waals surface area contributed by atoms with Gasteiger partial charge < -0.3 is 19.3 Å². The third-order valence-corrected chi connectivity index (χ3v) is 6.17. The summed E-state index contributed by atoms with van der Waals surface area (Å²) >= 11 is 1.07. The van der Waals surface area contributed by atoms with Crippen molar-refractivity contribution >= 4 is 39.1 Å². The molecule has 0 amide bonds. The van der Waals surface area contributed by atoms with Gasteiger partial charge in [0.1, 0.15) is 17.4 Å². The number of carboxylic acids is 1. The summed E-state index contributed by atoms with van der Waals surface area (Å²) in [5.74, 6) is -0.477. The molecule has 0 saturated heterocycles. The van der Waals surface area contributed by atoms with E-state index in [0.29, 0.717) is 5.56 Å². The molecule has 0 saturated carbocycles. The van der Waals surface area contributed by atoms with E-state index in [9.17, 15) is 13.2 Å². The molecule has 1 aromatic heterocycles. The standard InChI is InChI=1S/C16H15NO7S2/c1-22-14-10(4-5-12(18)19)9-11(15-16(14)24-7-6-23-15)17-26(20,21)13-3-2-8-25-13/h2-5,8-9,17H,6-7H2,1H3,(H,18,19)/b5-4+. The number of anilines is 1. The van der Waals surface area contributed by atoms with E-state index in [1.165, 1.54) is 25.3 Å². The number of sulfonamides is 1. The van der Waals surface area contributed by atoms with Crippen LogP contribution in [0.4, 0.5) is 5.69 Å². The van der Waals surface area contributed by atoms with Crippen LogP contribution in [0.2, 0.25) is 0 Å². The van der Waals surface area contributed by atoms with Gasteiger partial charge in [0.2, 0.25) is 5.75 Å². The number of hydrogen-bond acceptors (Lipinski definition) is 7. The molecule has 10 heteroatoms. The maximum Gasteiger partial charge on any atom is 0.328 e. The predicted octanol–water partition coefficient (Wildman–Crippen LogP) is 2.43. The van der Waals surface area contributed by atoms with Crippen molar-refractivity contribution in [2.24, 2.45) is 0 Å². The molecule has 8 nitrogen and oxygen atoms in total. The molecule has 0 radical (unpaired) electrons. The molecule has 138 valence electrons. The van der Waals surface area contributed by atoms with Gasteiger partial charge in [0, 0.05) is 11.6 Å². The number of carboxylic acid groups (broad SMARTS) is 1. The number of aliphatic carboxylic acids is 1. The summed E-state index contributed by atoms with van der Waals surface area (Å²) in [6, 6.07) is 4.55. The summed E-state index contributed by atoms with van der Waals surface area (Å²) in [4.78, 5) is 10.8. The van der Waals surface area contributed by atoms with Crippen LogP contribution in [-0.2, 0) is 14.8 Å². The van der Waals surface area contributed by atoms with Crippen LogP contribution in [0.15, 0.2) is 33.9 Å². The van der Waals surface area contributed by atoms with E-state index in [0.717, 1.165) is 17.4 Å². The lowest BCUT2D eigenvalue weighted by atomic mass is 10.1. The van der Waals surface area contributed by atoms with Gasteiger partial charge in [-0.2, -0.15) is 0 Å². The van der Waals surface area contributed by atoms with Crippen LogP contribution >= 0.6 is 11.3 Å². The Morgan fingerprint density at radius 2 is 2.08 bits per heavy atom. The van der Waals surface area contributed by atoms with Crippen molar-refractivity contribution in [3.8, 4) is 17.2 Å². The third kappa shape index (κ3) is 3.60. The molecular formula is C16H15NO7S2. The Bertz CT molecular complexity index is 949. The van der Waals surface area contributed by atoms with Crippen molar-refractivity contribution in [1.82, 2.24) is 0 Å². The lowest BCUT2D eigenvalue weighted by Gasteiger charge is -2.24. The number of thiophene rings is 1. The Labute approximate surface area is 153 Å². The van der Waals surface area contributed by atoms with Crippen molar-refractivity contribution in [3.05, 3.63) is 35.2 Å². The lowest BCUT2D eigenvalue weighted by Crippen LogP contribution is -2.19. The fourth-order valence-electron chi connectivity index (χ4n) is 2.39. The molecule has 1 aliphatic rings. The van der Waals surface area contributed by atoms with Crippen LogP contribution in [0.5, 0.6) is 17.2 Å². The average Bonchev–Trinajstić information content (AvgIpc) is 3.15. The molecule has 0 unspecified atom stereocenters. The number of fused-ring (bicyclic) bond motifs is 1. The zero-order valence-electron chi connectivity index (χ0n) is 13.6. The van der Waals surface area contributed by atoms with Gasteiger partial charge in [0.05, 0.1) is 12.8 Å². The largest absolute Gasteiger partial charge is 0.492 e. The van der Waals surface area contributed by atoms with Gasteiger partial charge in [-0.3, -0.25) is 4.72 Å². The summed E-state index contributed by atoms with van der Waals surface area (Å²) < 4.78 is 44.1. The second-order valence-electron chi connectivity index (χ2n) is 5.11. The van der Waals surface area contributed by atoms with Crippen LogP contribution in [-0.4, -0.2) is 39.8 Å². The number of hydrogen-bond donors (Lipinski definition) is 2. The number of methoxy groups -OCH3 is 1. The molecule has 1 aromatic carbocycles. The van der Waals surface area contributed by atoms with Crippen molar-refractivity contribution in [1.29, 1.82) is 0 Å². The van der Waals surface area contributed by atoms with E-state index in [-0.39, 0.29) is 40.4 Å². The molecular weight excluding hydrogens is 382 g/mol. The van der Waals surface area contributed by atoms with Gasteiger partial charge in [0.15, 0.2) is 11.5 Å². The normalized spacial score (nSPS) is 13.6. The smallest absolute Gasteiger partial charge is 0.328 e. The number of rotatable bonds is 6. The van der Waals surface area contributed by atoms with Crippen molar-refractivity contribution in [2.75, 3.05) is 25.0 Å². The molecule has 2 aromatic rings. The molecule has 2 N–H and O–H groups in total. The first-order valence-corrected chi connectivity index (χ1v) is 9.76. The molecule has 0 bridgehead atoms. The second-order valence-corrected chi connectivity index (χ2v) is 7.97. The summed E-state index contributed by atoms with van der Waals surface area (Å²) in [5.41, 5.74) is 0.474. The minimum absolute atomic E-state index is 0.138. The van der Waals surface area contributed by atoms with Gasteiger partial charge in [-0.15, -0.1) is 11.3 Å². The topological polar surface area (TPSA) is 111 Å². The maximum atomic E-state index is 12.5. The Balaban J connectivity index is 2.12. The monoisotopic (exact) mass is 397 g/mol. The molecule has 0 spiro atoms. The lowest BCUT2D eigenvalue weighted by molar-refractivity contribution is -0.131. The minimum Gasteiger partial charge on any atom is -0.492 e. The SMILES string of the molecule is COc1c(/C=C/C(=O)O)cc(NS(=O)(=O)c2cccs2)c2c1OCCO2. The number of benzene rings is 1. The van der Waals surface area contributed by atoms with Gasteiger partial charge in [-0.25, -0.2) is 13.2 Å².